The molecule has 9 heteroatoms. The van der Waals surface area contributed by atoms with Crippen LogP contribution in [-0.4, -0.2) is 27.1 Å². The van der Waals surface area contributed by atoms with E-state index in [0.717, 1.165) is 11.3 Å². The molecule has 0 unspecified atom stereocenters. The third-order valence-corrected chi connectivity index (χ3v) is 8.40. The van der Waals surface area contributed by atoms with E-state index in [2.05, 4.69) is 10.5 Å². The number of methoxy groups -OCH3 is 1. The SMILES string of the molecule is COc1ccc(/C(C)=N\NC(=O)c2ccc(CN(c3cccc(Cl)c3C)S(=O)(=O)c3ccccc3)cc2)cc1. The number of sulfonamides is 1. The molecule has 0 saturated carbocycles. The molecule has 0 atom stereocenters. The van der Waals surface area contributed by atoms with Gasteiger partial charge in [0.05, 0.1) is 29.9 Å². The molecule has 0 aromatic heterocycles. The van der Waals surface area contributed by atoms with Crippen molar-refractivity contribution in [2.75, 3.05) is 11.4 Å². The molecule has 7 nitrogen and oxygen atoms in total. The summed E-state index contributed by atoms with van der Waals surface area (Å²) in [5.74, 6) is 0.352. The molecule has 4 aromatic carbocycles. The predicted octanol–water partition coefficient (Wildman–Crippen LogP) is 6.21. The molecule has 0 aliphatic heterocycles. The molecule has 4 rings (SSSR count). The maximum Gasteiger partial charge on any atom is 0.271 e. The van der Waals surface area contributed by atoms with Crippen LogP contribution in [0.1, 0.15) is 34.0 Å². The molecule has 0 aliphatic carbocycles. The van der Waals surface area contributed by atoms with Crippen molar-refractivity contribution in [3.63, 3.8) is 0 Å². The van der Waals surface area contributed by atoms with E-state index in [-0.39, 0.29) is 17.3 Å². The van der Waals surface area contributed by atoms with Crippen molar-refractivity contribution < 1.29 is 17.9 Å². The Balaban J connectivity index is 1.55. The Morgan fingerprint density at radius 1 is 0.897 bits per heavy atom. The molecule has 0 spiro atoms. The lowest BCUT2D eigenvalue weighted by atomic mass is 10.1. The quantitative estimate of drug-likeness (QED) is 0.194. The summed E-state index contributed by atoms with van der Waals surface area (Å²) in [7, 11) is -2.30. The summed E-state index contributed by atoms with van der Waals surface area (Å²) in [6.45, 7) is 3.63. The van der Waals surface area contributed by atoms with E-state index in [1.54, 1.807) is 93.8 Å². The zero-order chi connectivity index (χ0) is 28.0. The van der Waals surface area contributed by atoms with Crippen LogP contribution in [0.3, 0.4) is 0 Å². The molecule has 0 aliphatic rings. The fourth-order valence-electron chi connectivity index (χ4n) is 3.91. The minimum atomic E-state index is -3.90. The van der Waals surface area contributed by atoms with E-state index in [1.807, 2.05) is 24.3 Å². The Morgan fingerprint density at radius 3 is 2.18 bits per heavy atom. The van der Waals surface area contributed by atoms with Gasteiger partial charge in [0, 0.05) is 10.6 Å². The smallest absolute Gasteiger partial charge is 0.271 e. The number of carbonyl (C=O) groups is 1. The van der Waals surface area contributed by atoms with E-state index in [0.29, 0.717) is 33.1 Å². The zero-order valence-corrected chi connectivity index (χ0v) is 23.3. The maximum absolute atomic E-state index is 13.7. The van der Waals surface area contributed by atoms with Crippen molar-refractivity contribution in [1.29, 1.82) is 0 Å². The Bertz CT molecular complexity index is 1590. The summed E-state index contributed by atoms with van der Waals surface area (Å²) in [5, 5.41) is 4.67. The molecular weight excluding hydrogens is 534 g/mol. The highest BCUT2D eigenvalue weighted by atomic mass is 35.5. The topological polar surface area (TPSA) is 88.1 Å². The van der Waals surface area contributed by atoms with Crippen LogP contribution in [0.15, 0.2) is 107 Å². The Labute approximate surface area is 233 Å². The minimum absolute atomic E-state index is 0.0506. The van der Waals surface area contributed by atoms with Crippen molar-refractivity contribution in [3.05, 3.63) is 124 Å². The molecule has 0 bridgehead atoms. The lowest BCUT2D eigenvalue weighted by Gasteiger charge is -2.26. The highest BCUT2D eigenvalue weighted by Crippen LogP contribution is 2.32. The Hall–Kier alpha value is -4.14. The predicted molar refractivity (Wildman–Crippen MR) is 155 cm³/mol. The van der Waals surface area contributed by atoms with Crippen LogP contribution >= 0.6 is 11.6 Å². The average Bonchev–Trinajstić information content (AvgIpc) is 2.97. The first-order chi connectivity index (χ1) is 18.7. The maximum atomic E-state index is 13.7. The number of hydrogen-bond acceptors (Lipinski definition) is 5. The summed E-state index contributed by atoms with van der Waals surface area (Å²) < 4.78 is 33.8. The summed E-state index contributed by atoms with van der Waals surface area (Å²) in [6, 6.07) is 27.5. The van der Waals surface area contributed by atoms with Gasteiger partial charge in [-0.1, -0.05) is 48.0 Å². The standard InChI is InChI=1S/C30H28ClN3O4S/c1-21-28(31)10-7-11-29(21)34(39(36,37)27-8-5-4-6-9-27)20-23-12-14-25(15-13-23)30(35)33-32-22(2)24-16-18-26(38-3)19-17-24/h4-19H,20H2,1-3H3,(H,33,35)/b32-22-. The van der Waals surface area contributed by atoms with Gasteiger partial charge < -0.3 is 4.74 Å². The molecule has 0 radical (unpaired) electrons. The highest BCUT2D eigenvalue weighted by molar-refractivity contribution is 7.92. The molecule has 1 N–H and O–H groups in total. The second-order valence-electron chi connectivity index (χ2n) is 8.77. The summed E-state index contributed by atoms with van der Waals surface area (Å²) in [4.78, 5) is 12.9. The number of rotatable bonds is 9. The van der Waals surface area contributed by atoms with E-state index >= 15 is 0 Å². The van der Waals surface area contributed by atoms with Gasteiger partial charge >= 0.3 is 0 Å². The van der Waals surface area contributed by atoms with Crippen LogP contribution in [0.4, 0.5) is 5.69 Å². The van der Waals surface area contributed by atoms with Crippen LogP contribution in [0, 0.1) is 6.92 Å². The van der Waals surface area contributed by atoms with Crippen LogP contribution in [0.25, 0.3) is 0 Å². The Morgan fingerprint density at radius 2 is 1.54 bits per heavy atom. The molecule has 4 aromatic rings. The number of hydrogen-bond donors (Lipinski definition) is 1. The number of halogens is 1. The first-order valence-electron chi connectivity index (χ1n) is 12.1. The molecule has 200 valence electrons. The zero-order valence-electron chi connectivity index (χ0n) is 21.8. The molecular formula is C30H28ClN3O4S. The lowest BCUT2D eigenvalue weighted by Crippen LogP contribution is -2.31. The number of ether oxygens (including phenoxy) is 1. The molecule has 0 heterocycles. The Kier molecular flexibility index (Phi) is 8.69. The summed E-state index contributed by atoms with van der Waals surface area (Å²) >= 11 is 6.34. The third kappa shape index (κ3) is 6.47. The number of hydrazone groups is 1. The van der Waals surface area contributed by atoms with E-state index < -0.39 is 10.0 Å². The molecule has 1 amide bonds. The van der Waals surface area contributed by atoms with Crippen LogP contribution in [0.5, 0.6) is 5.75 Å². The number of benzene rings is 4. The van der Waals surface area contributed by atoms with Crippen molar-refractivity contribution in [2.45, 2.75) is 25.3 Å². The normalized spacial score (nSPS) is 11.6. The second kappa shape index (κ2) is 12.1. The van der Waals surface area contributed by atoms with Crippen molar-refractivity contribution in [1.82, 2.24) is 5.43 Å². The van der Waals surface area contributed by atoms with Gasteiger partial charge in [0.15, 0.2) is 0 Å². The van der Waals surface area contributed by atoms with Crippen molar-refractivity contribution in [2.24, 2.45) is 5.10 Å². The van der Waals surface area contributed by atoms with Gasteiger partial charge in [0.2, 0.25) is 0 Å². The van der Waals surface area contributed by atoms with Gasteiger partial charge in [-0.2, -0.15) is 5.10 Å². The summed E-state index contributed by atoms with van der Waals surface area (Å²) in [5.41, 5.74) is 6.28. The van der Waals surface area contributed by atoms with Gasteiger partial charge in [0.25, 0.3) is 15.9 Å². The molecule has 0 saturated heterocycles. The van der Waals surface area contributed by atoms with Gasteiger partial charge in [-0.15, -0.1) is 0 Å². The highest BCUT2D eigenvalue weighted by Gasteiger charge is 2.27. The first kappa shape index (κ1) is 27.9. The van der Waals surface area contributed by atoms with Gasteiger partial charge in [-0.05, 0) is 91.2 Å². The van der Waals surface area contributed by atoms with Gasteiger partial charge in [-0.3, -0.25) is 9.10 Å². The number of amides is 1. The summed E-state index contributed by atoms with van der Waals surface area (Å²) in [6.07, 6.45) is 0. The monoisotopic (exact) mass is 561 g/mol. The van der Waals surface area contributed by atoms with Gasteiger partial charge in [0.1, 0.15) is 5.75 Å². The third-order valence-electron chi connectivity index (χ3n) is 6.21. The van der Waals surface area contributed by atoms with Gasteiger partial charge in [-0.25, -0.2) is 13.8 Å². The van der Waals surface area contributed by atoms with Crippen molar-refractivity contribution >= 4 is 38.9 Å². The van der Waals surface area contributed by atoms with E-state index in [9.17, 15) is 13.2 Å². The average molecular weight is 562 g/mol. The minimum Gasteiger partial charge on any atom is -0.497 e. The van der Waals surface area contributed by atoms with E-state index in [4.69, 9.17) is 16.3 Å². The van der Waals surface area contributed by atoms with E-state index in [1.165, 1.54) is 4.31 Å². The second-order valence-corrected chi connectivity index (χ2v) is 11.0. The first-order valence-corrected chi connectivity index (χ1v) is 13.9. The van der Waals surface area contributed by atoms with Crippen LogP contribution in [0.2, 0.25) is 5.02 Å². The fraction of sp³-hybridized carbons (Fsp3) is 0.133. The number of anilines is 1. The number of nitrogens with zero attached hydrogens (tertiary/aromatic N) is 2. The van der Waals surface area contributed by atoms with Crippen LogP contribution < -0.4 is 14.5 Å². The largest absolute Gasteiger partial charge is 0.497 e. The van der Waals surface area contributed by atoms with Crippen molar-refractivity contribution in [3.8, 4) is 5.75 Å². The lowest BCUT2D eigenvalue weighted by molar-refractivity contribution is 0.0955. The molecule has 39 heavy (non-hydrogen) atoms. The van der Waals surface area contributed by atoms with Crippen LogP contribution in [-0.2, 0) is 16.6 Å². The number of nitrogens with one attached hydrogen (secondary N) is 1. The fourth-order valence-corrected chi connectivity index (χ4v) is 5.61. The number of carbonyl (C=O) groups excluding carboxylic acids is 1. The molecule has 0 fully saturated rings.